The Kier molecular flexibility index (Phi) is 4.91. The molecule has 0 amide bonds. The lowest BCUT2D eigenvalue weighted by molar-refractivity contribution is 0.127. The second-order valence-electron chi connectivity index (χ2n) is 4.65. The van der Waals surface area contributed by atoms with Gasteiger partial charge in [0.15, 0.2) is 0 Å². The SMILES string of the molecule is CCCN1CCN(CC(N)c2cncs2)CC1. The van der Waals surface area contributed by atoms with E-state index in [9.17, 15) is 0 Å². The highest BCUT2D eigenvalue weighted by atomic mass is 32.1. The minimum Gasteiger partial charge on any atom is -0.322 e. The fourth-order valence-electron chi connectivity index (χ4n) is 2.29. The molecule has 2 N–H and O–H groups in total. The average molecular weight is 254 g/mol. The maximum Gasteiger partial charge on any atom is 0.0794 e. The van der Waals surface area contributed by atoms with Crippen molar-refractivity contribution in [2.75, 3.05) is 39.3 Å². The molecule has 1 unspecified atom stereocenters. The van der Waals surface area contributed by atoms with Gasteiger partial charge in [-0.05, 0) is 13.0 Å². The summed E-state index contributed by atoms with van der Waals surface area (Å²) in [5, 5.41) is 0. The number of hydrogen-bond donors (Lipinski definition) is 1. The third kappa shape index (κ3) is 3.74. The molecule has 1 fully saturated rings. The number of rotatable bonds is 5. The predicted octanol–water partition coefficient (Wildman–Crippen LogP) is 1.17. The molecule has 5 heteroatoms. The average Bonchev–Trinajstić information content (AvgIpc) is 2.86. The fraction of sp³-hybridized carbons (Fsp3) is 0.750. The summed E-state index contributed by atoms with van der Waals surface area (Å²) in [4.78, 5) is 10.3. The van der Waals surface area contributed by atoms with Gasteiger partial charge in [0.05, 0.1) is 11.6 Å². The van der Waals surface area contributed by atoms with Crippen molar-refractivity contribution in [3.8, 4) is 0 Å². The van der Waals surface area contributed by atoms with E-state index in [1.165, 1.54) is 30.9 Å². The molecule has 1 aromatic heterocycles. The molecule has 4 nitrogen and oxygen atoms in total. The van der Waals surface area contributed by atoms with E-state index in [1.54, 1.807) is 11.3 Å². The van der Waals surface area contributed by atoms with E-state index in [4.69, 9.17) is 5.73 Å². The molecule has 2 heterocycles. The highest BCUT2D eigenvalue weighted by molar-refractivity contribution is 7.09. The van der Waals surface area contributed by atoms with Crippen LogP contribution in [-0.2, 0) is 0 Å². The highest BCUT2D eigenvalue weighted by Gasteiger charge is 2.19. The van der Waals surface area contributed by atoms with Gasteiger partial charge in [-0.25, -0.2) is 0 Å². The Labute approximate surface area is 107 Å². The van der Waals surface area contributed by atoms with E-state index in [2.05, 4.69) is 21.7 Å². The molecule has 0 aromatic carbocycles. The van der Waals surface area contributed by atoms with Crippen molar-refractivity contribution in [2.24, 2.45) is 5.73 Å². The second-order valence-corrected chi connectivity index (χ2v) is 5.57. The summed E-state index contributed by atoms with van der Waals surface area (Å²) in [5.74, 6) is 0. The zero-order valence-electron chi connectivity index (χ0n) is 10.5. The molecule has 1 aliphatic rings. The minimum atomic E-state index is 0.125. The zero-order valence-corrected chi connectivity index (χ0v) is 11.3. The van der Waals surface area contributed by atoms with Gasteiger partial charge in [0.2, 0.25) is 0 Å². The van der Waals surface area contributed by atoms with Crippen LogP contribution in [-0.4, -0.2) is 54.1 Å². The van der Waals surface area contributed by atoms with Crippen LogP contribution in [0, 0.1) is 0 Å². The third-order valence-corrected chi connectivity index (χ3v) is 4.18. The van der Waals surface area contributed by atoms with Crippen LogP contribution < -0.4 is 5.73 Å². The molecule has 17 heavy (non-hydrogen) atoms. The first-order valence-electron chi connectivity index (χ1n) is 6.38. The lowest BCUT2D eigenvalue weighted by Crippen LogP contribution is -2.48. The number of piperazine rings is 1. The van der Waals surface area contributed by atoms with E-state index in [0.29, 0.717) is 0 Å². The van der Waals surface area contributed by atoms with Crippen molar-refractivity contribution < 1.29 is 0 Å². The molecule has 1 atom stereocenters. The van der Waals surface area contributed by atoms with Crippen LogP contribution in [0.25, 0.3) is 0 Å². The van der Waals surface area contributed by atoms with Gasteiger partial charge in [-0.3, -0.25) is 9.88 Å². The minimum absolute atomic E-state index is 0.125. The van der Waals surface area contributed by atoms with E-state index in [0.717, 1.165) is 19.6 Å². The first-order chi connectivity index (χ1) is 8.29. The number of nitrogens with zero attached hydrogens (tertiary/aromatic N) is 3. The predicted molar refractivity (Wildman–Crippen MR) is 72.2 cm³/mol. The molecule has 0 radical (unpaired) electrons. The Balaban J connectivity index is 1.74. The van der Waals surface area contributed by atoms with Gasteiger partial charge < -0.3 is 10.6 Å². The van der Waals surface area contributed by atoms with Crippen molar-refractivity contribution in [1.29, 1.82) is 0 Å². The zero-order chi connectivity index (χ0) is 12.1. The van der Waals surface area contributed by atoms with E-state index < -0.39 is 0 Å². The smallest absolute Gasteiger partial charge is 0.0794 e. The molecule has 0 aliphatic carbocycles. The number of thiazole rings is 1. The Morgan fingerprint density at radius 3 is 2.65 bits per heavy atom. The van der Waals surface area contributed by atoms with Crippen molar-refractivity contribution in [3.63, 3.8) is 0 Å². The van der Waals surface area contributed by atoms with Crippen molar-refractivity contribution in [3.05, 3.63) is 16.6 Å². The monoisotopic (exact) mass is 254 g/mol. The topological polar surface area (TPSA) is 45.4 Å². The van der Waals surface area contributed by atoms with Crippen LogP contribution in [0.1, 0.15) is 24.3 Å². The Hall–Kier alpha value is -0.490. The summed E-state index contributed by atoms with van der Waals surface area (Å²) in [7, 11) is 0. The summed E-state index contributed by atoms with van der Waals surface area (Å²) in [6, 6.07) is 0.125. The third-order valence-electron chi connectivity index (χ3n) is 3.28. The molecular weight excluding hydrogens is 232 g/mol. The van der Waals surface area contributed by atoms with E-state index in [-0.39, 0.29) is 6.04 Å². The molecule has 1 aromatic rings. The standard InChI is InChI=1S/C12H22N4S/c1-2-3-15-4-6-16(7-5-15)9-11(13)12-8-14-10-17-12/h8,10-11H,2-7,9,13H2,1H3. The van der Waals surface area contributed by atoms with Crippen molar-refractivity contribution in [2.45, 2.75) is 19.4 Å². The Morgan fingerprint density at radius 1 is 1.35 bits per heavy atom. The molecule has 2 rings (SSSR count). The summed E-state index contributed by atoms with van der Waals surface area (Å²) >= 11 is 1.66. The number of hydrogen-bond acceptors (Lipinski definition) is 5. The van der Waals surface area contributed by atoms with Gasteiger partial charge in [0.25, 0.3) is 0 Å². The summed E-state index contributed by atoms with van der Waals surface area (Å²) in [5.41, 5.74) is 8.03. The van der Waals surface area contributed by atoms with E-state index in [1.807, 2.05) is 11.7 Å². The second kappa shape index (κ2) is 6.44. The van der Waals surface area contributed by atoms with Gasteiger partial charge in [0, 0.05) is 43.8 Å². The molecule has 0 bridgehead atoms. The maximum atomic E-state index is 6.18. The van der Waals surface area contributed by atoms with Crippen molar-refractivity contribution in [1.82, 2.24) is 14.8 Å². The van der Waals surface area contributed by atoms with Crippen LogP contribution in [0.5, 0.6) is 0 Å². The summed E-state index contributed by atoms with van der Waals surface area (Å²) < 4.78 is 0. The van der Waals surface area contributed by atoms with Crippen LogP contribution in [0.15, 0.2) is 11.7 Å². The maximum absolute atomic E-state index is 6.18. The number of aromatic nitrogens is 1. The van der Waals surface area contributed by atoms with Crippen LogP contribution in [0.2, 0.25) is 0 Å². The lowest BCUT2D eigenvalue weighted by Gasteiger charge is -2.35. The van der Waals surface area contributed by atoms with Gasteiger partial charge in [-0.15, -0.1) is 11.3 Å². The van der Waals surface area contributed by atoms with Crippen LogP contribution in [0.3, 0.4) is 0 Å². The summed E-state index contributed by atoms with van der Waals surface area (Å²) in [6.07, 6.45) is 3.14. The van der Waals surface area contributed by atoms with E-state index >= 15 is 0 Å². The first-order valence-corrected chi connectivity index (χ1v) is 7.26. The Bertz CT molecular complexity index is 306. The first kappa shape index (κ1) is 13.0. The molecule has 0 spiro atoms. The molecule has 96 valence electrons. The lowest BCUT2D eigenvalue weighted by atomic mass is 10.2. The van der Waals surface area contributed by atoms with Gasteiger partial charge in [-0.1, -0.05) is 6.92 Å². The molecule has 1 saturated heterocycles. The molecular formula is C12H22N4S. The van der Waals surface area contributed by atoms with Crippen LogP contribution in [0.4, 0.5) is 0 Å². The highest BCUT2D eigenvalue weighted by Crippen LogP contribution is 2.16. The number of nitrogens with two attached hydrogens (primary N) is 1. The van der Waals surface area contributed by atoms with Crippen molar-refractivity contribution >= 4 is 11.3 Å². The Morgan fingerprint density at radius 2 is 2.06 bits per heavy atom. The molecule has 1 aliphatic heterocycles. The van der Waals surface area contributed by atoms with Crippen LogP contribution >= 0.6 is 11.3 Å². The quantitative estimate of drug-likeness (QED) is 0.857. The van der Waals surface area contributed by atoms with Gasteiger partial charge in [0.1, 0.15) is 0 Å². The molecule has 0 saturated carbocycles. The largest absolute Gasteiger partial charge is 0.322 e. The fourth-order valence-corrected chi connectivity index (χ4v) is 2.90. The summed E-state index contributed by atoms with van der Waals surface area (Å²) in [6.45, 7) is 9.09. The normalized spacial score (nSPS) is 20.6. The van der Waals surface area contributed by atoms with Gasteiger partial charge >= 0.3 is 0 Å². The van der Waals surface area contributed by atoms with Gasteiger partial charge in [-0.2, -0.15) is 0 Å².